The summed E-state index contributed by atoms with van der Waals surface area (Å²) in [4.78, 5) is 2.60. The predicted octanol–water partition coefficient (Wildman–Crippen LogP) is 5.04. The maximum Gasteiger partial charge on any atom is 0.0122 e. The molecule has 0 nitrogen and oxygen atoms in total. The highest BCUT2D eigenvalue weighted by Gasteiger charge is 1.99. The smallest absolute Gasteiger partial charge is 0.0122 e. The van der Waals surface area contributed by atoms with E-state index in [9.17, 15) is 0 Å². The summed E-state index contributed by atoms with van der Waals surface area (Å²) < 4.78 is 0. The minimum absolute atomic E-state index is 0.725. The molecule has 0 aliphatic heterocycles. The molecule has 0 saturated carbocycles. The molecule has 88 valence electrons. The van der Waals surface area contributed by atoms with Gasteiger partial charge in [0.15, 0.2) is 0 Å². The second-order valence-electron chi connectivity index (χ2n) is 4.66. The minimum atomic E-state index is 0.725. The van der Waals surface area contributed by atoms with Crippen molar-refractivity contribution in [1.29, 1.82) is 0 Å². The molecule has 1 heteroatoms. The van der Waals surface area contributed by atoms with Crippen LogP contribution in [-0.2, 0) is 6.42 Å². The third kappa shape index (κ3) is 3.94. The highest BCUT2D eigenvalue weighted by molar-refractivity contribution is 7.99. The highest BCUT2D eigenvalue weighted by atomic mass is 32.2. The van der Waals surface area contributed by atoms with E-state index in [-0.39, 0.29) is 0 Å². The molecule has 0 aromatic heterocycles. The van der Waals surface area contributed by atoms with Crippen LogP contribution < -0.4 is 0 Å². The Labute approximate surface area is 108 Å². The van der Waals surface area contributed by atoms with Crippen LogP contribution in [0.15, 0.2) is 64.4 Å². The van der Waals surface area contributed by atoms with Crippen molar-refractivity contribution in [3.63, 3.8) is 0 Å². The van der Waals surface area contributed by atoms with Gasteiger partial charge in [0.1, 0.15) is 0 Å². The first kappa shape index (κ1) is 12.3. The van der Waals surface area contributed by atoms with Crippen molar-refractivity contribution in [2.24, 2.45) is 5.92 Å². The Kier molecular flexibility index (Phi) is 4.27. The summed E-state index contributed by atoms with van der Waals surface area (Å²) in [5.41, 5.74) is 1.43. The third-order valence-electron chi connectivity index (χ3n) is 2.55. The molecule has 2 aromatic rings. The SMILES string of the molecule is CC(C)Cc1ccc(Sc2ccccc2)cc1. The quantitative estimate of drug-likeness (QED) is 0.724. The Bertz CT molecular complexity index is 443. The van der Waals surface area contributed by atoms with Crippen molar-refractivity contribution < 1.29 is 0 Å². The largest absolute Gasteiger partial charge is 0.0901 e. The van der Waals surface area contributed by atoms with Gasteiger partial charge in [0.25, 0.3) is 0 Å². The first-order valence-electron chi connectivity index (χ1n) is 6.06. The summed E-state index contributed by atoms with van der Waals surface area (Å²) in [6.45, 7) is 4.51. The Morgan fingerprint density at radius 2 is 1.41 bits per heavy atom. The molecule has 0 N–H and O–H groups in total. The lowest BCUT2D eigenvalue weighted by Crippen LogP contribution is -1.93. The van der Waals surface area contributed by atoms with E-state index in [0.29, 0.717) is 0 Å². The van der Waals surface area contributed by atoms with E-state index in [1.165, 1.54) is 15.4 Å². The van der Waals surface area contributed by atoms with E-state index in [1.807, 2.05) is 11.8 Å². The Morgan fingerprint density at radius 1 is 0.824 bits per heavy atom. The van der Waals surface area contributed by atoms with Gasteiger partial charge in [0, 0.05) is 9.79 Å². The monoisotopic (exact) mass is 242 g/mol. The summed E-state index contributed by atoms with van der Waals surface area (Å²) >= 11 is 1.82. The van der Waals surface area contributed by atoms with E-state index >= 15 is 0 Å². The first-order valence-corrected chi connectivity index (χ1v) is 6.87. The molecule has 0 spiro atoms. The van der Waals surface area contributed by atoms with E-state index in [4.69, 9.17) is 0 Å². The molecule has 0 atom stereocenters. The Hall–Kier alpha value is -1.21. The Morgan fingerprint density at radius 3 is 2.00 bits per heavy atom. The molecule has 0 heterocycles. The van der Waals surface area contributed by atoms with Crippen molar-refractivity contribution in [3.8, 4) is 0 Å². The van der Waals surface area contributed by atoms with Crippen LogP contribution >= 0.6 is 11.8 Å². The van der Waals surface area contributed by atoms with Crippen LogP contribution in [0.5, 0.6) is 0 Å². The fourth-order valence-electron chi connectivity index (χ4n) is 1.79. The van der Waals surface area contributed by atoms with E-state index in [1.54, 1.807) is 0 Å². The molecule has 0 unspecified atom stereocenters. The maximum absolute atomic E-state index is 2.26. The molecule has 17 heavy (non-hydrogen) atoms. The average molecular weight is 242 g/mol. The van der Waals surface area contributed by atoms with Crippen LogP contribution in [0, 0.1) is 5.92 Å². The van der Waals surface area contributed by atoms with Crippen LogP contribution in [0.4, 0.5) is 0 Å². The van der Waals surface area contributed by atoms with Gasteiger partial charge >= 0.3 is 0 Å². The second-order valence-corrected chi connectivity index (χ2v) is 5.80. The van der Waals surface area contributed by atoms with Crippen LogP contribution in [-0.4, -0.2) is 0 Å². The lowest BCUT2D eigenvalue weighted by molar-refractivity contribution is 0.647. The van der Waals surface area contributed by atoms with E-state index in [0.717, 1.165) is 12.3 Å². The van der Waals surface area contributed by atoms with Gasteiger partial charge in [-0.3, -0.25) is 0 Å². The molecular formula is C16H18S. The fraction of sp³-hybridized carbons (Fsp3) is 0.250. The molecule has 0 bridgehead atoms. The van der Waals surface area contributed by atoms with E-state index < -0.39 is 0 Å². The second kappa shape index (κ2) is 5.92. The zero-order chi connectivity index (χ0) is 12.1. The molecular weight excluding hydrogens is 224 g/mol. The lowest BCUT2D eigenvalue weighted by Gasteiger charge is -2.06. The predicted molar refractivity (Wildman–Crippen MR) is 75.5 cm³/mol. The maximum atomic E-state index is 2.26. The van der Waals surface area contributed by atoms with Gasteiger partial charge < -0.3 is 0 Å². The van der Waals surface area contributed by atoms with Crippen molar-refractivity contribution in [1.82, 2.24) is 0 Å². The molecule has 0 saturated heterocycles. The van der Waals surface area contributed by atoms with Crippen LogP contribution in [0.2, 0.25) is 0 Å². The zero-order valence-electron chi connectivity index (χ0n) is 10.4. The zero-order valence-corrected chi connectivity index (χ0v) is 11.2. The standard InChI is InChI=1S/C16H18S/c1-13(2)12-14-8-10-16(11-9-14)17-15-6-4-3-5-7-15/h3-11,13H,12H2,1-2H3. The van der Waals surface area contributed by atoms with Gasteiger partial charge in [-0.25, -0.2) is 0 Å². The van der Waals surface area contributed by atoms with Gasteiger partial charge in [-0.05, 0) is 42.2 Å². The molecule has 0 amide bonds. The van der Waals surface area contributed by atoms with Crippen molar-refractivity contribution in [3.05, 3.63) is 60.2 Å². The van der Waals surface area contributed by atoms with Crippen molar-refractivity contribution >= 4 is 11.8 Å². The molecule has 2 aromatic carbocycles. The first-order chi connectivity index (χ1) is 8.24. The fourth-order valence-corrected chi connectivity index (χ4v) is 2.63. The molecule has 0 fully saturated rings. The summed E-state index contributed by atoms with van der Waals surface area (Å²) in [6, 6.07) is 19.4. The van der Waals surface area contributed by atoms with Gasteiger partial charge in [-0.15, -0.1) is 0 Å². The average Bonchev–Trinajstić information content (AvgIpc) is 2.32. The number of hydrogen-bond acceptors (Lipinski definition) is 1. The van der Waals surface area contributed by atoms with Gasteiger partial charge in [-0.1, -0.05) is 55.9 Å². The van der Waals surface area contributed by atoms with Crippen molar-refractivity contribution in [2.45, 2.75) is 30.1 Å². The number of hydrogen-bond donors (Lipinski definition) is 0. The summed E-state index contributed by atoms with van der Waals surface area (Å²) in [5, 5.41) is 0. The van der Waals surface area contributed by atoms with Crippen molar-refractivity contribution in [2.75, 3.05) is 0 Å². The summed E-state index contributed by atoms with van der Waals surface area (Å²) in [6.07, 6.45) is 1.16. The van der Waals surface area contributed by atoms with Crippen LogP contribution in [0.3, 0.4) is 0 Å². The van der Waals surface area contributed by atoms with Crippen LogP contribution in [0.25, 0.3) is 0 Å². The molecule has 0 radical (unpaired) electrons. The molecule has 0 aliphatic carbocycles. The summed E-state index contributed by atoms with van der Waals surface area (Å²) in [5.74, 6) is 0.725. The van der Waals surface area contributed by atoms with E-state index in [2.05, 4.69) is 68.4 Å². The normalized spacial score (nSPS) is 10.8. The molecule has 0 aliphatic rings. The lowest BCUT2D eigenvalue weighted by atomic mass is 10.0. The highest BCUT2D eigenvalue weighted by Crippen LogP contribution is 2.27. The van der Waals surface area contributed by atoms with Crippen LogP contribution in [0.1, 0.15) is 19.4 Å². The number of benzene rings is 2. The number of rotatable bonds is 4. The Balaban J connectivity index is 2.03. The van der Waals surface area contributed by atoms with Gasteiger partial charge in [0.2, 0.25) is 0 Å². The minimum Gasteiger partial charge on any atom is -0.0901 e. The topological polar surface area (TPSA) is 0 Å². The summed E-state index contributed by atoms with van der Waals surface area (Å²) in [7, 11) is 0. The van der Waals surface area contributed by atoms with Gasteiger partial charge in [0.05, 0.1) is 0 Å². The third-order valence-corrected chi connectivity index (χ3v) is 3.56. The molecule has 2 rings (SSSR count). The van der Waals surface area contributed by atoms with Gasteiger partial charge in [-0.2, -0.15) is 0 Å².